The Bertz CT molecular complexity index is 341. The molecule has 0 radical (unpaired) electrons. The molecule has 1 N–H and O–H groups in total. The van der Waals surface area contributed by atoms with Crippen molar-refractivity contribution in [3.05, 3.63) is 35.4 Å². The summed E-state index contributed by atoms with van der Waals surface area (Å²) in [6.07, 6.45) is 2.24. The van der Waals surface area contributed by atoms with E-state index in [9.17, 15) is 4.79 Å². The fourth-order valence-corrected chi connectivity index (χ4v) is 1.63. The highest BCUT2D eigenvalue weighted by atomic mass is 16.4. The van der Waals surface area contributed by atoms with E-state index in [1.807, 2.05) is 38.1 Å². The van der Waals surface area contributed by atoms with Gasteiger partial charge in [0.25, 0.3) is 0 Å². The number of aliphatic carboxylic acids is 1. The Morgan fingerprint density at radius 2 is 1.67 bits per heavy atom. The molecule has 0 amide bonds. The van der Waals surface area contributed by atoms with E-state index in [4.69, 9.17) is 5.11 Å². The van der Waals surface area contributed by atoms with Gasteiger partial charge in [-0.1, -0.05) is 58.4 Å². The lowest BCUT2D eigenvalue weighted by Crippen LogP contribution is -2.07. The van der Waals surface area contributed by atoms with Gasteiger partial charge in [0.1, 0.15) is 0 Å². The Kier molecular flexibility index (Phi) is 8.10. The van der Waals surface area contributed by atoms with Crippen LogP contribution in [0.5, 0.6) is 0 Å². The van der Waals surface area contributed by atoms with Gasteiger partial charge in [-0.2, -0.15) is 0 Å². The summed E-state index contributed by atoms with van der Waals surface area (Å²) in [5, 5.41) is 8.89. The second kappa shape index (κ2) is 8.73. The number of rotatable bonds is 5. The third-order valence-electron chi connectivity index (χ3n) is 3.13. The number of hydrogen-bond donors (Lipinski definition) is 1. The van der Waals surface area contributed by atoms with Crippen LogP contribution in [-0.2, 0) is 11.2 Å². The van der Waals surface area contributed by atoms with E-state index in [2.05, 4.69) is 13.8 Å². The third-order valence-corrected chi connectivity index (χ3v) is 3.13. The van der Waals surface area contributed by atoms with Crippen molar-refractivity contribution in [2.45, 2.75) is 53.4 Å². The van der Waals surface area contributed by atoms with Gasteiger partial charge in [-0.15, -0.1) is 0 Å². The first-order chi connectivity index (χ1) is 8.54. The predicted molar refractivity (Wildman–Crippen MR) is 77.0 cm³/mol. The van der Waals surface area contributed by atoms with Gasteiger partial charge < -0.3 is 5.11 Å². The standard InChI is InChI=1S/C14H20O2.C2H6/c1-4-10(2)9-12-5-7-13(8-6-12)11(3)14(15)16;1-2/h5-8,10-11H,4,9H2,1-3H3,(H,15,16);1-2H3. The van der Waals surface area contributed by atoms with Gasteiger partial charge in [-0.3, -0.25) is 4.79 Å². The van der Waals surface area contributed by atoms with Crippen LogP contribution in [0.2, 0.25) is 0 Å². The van der Waals surface area contributed by atoms with E-state index in [1.54, 1.807) is 6.92 Å². The molecule has 1 rings (SSSR count). The van der Waals surface area contributed by atoms with Crippen LogP contribution in [-0.4, -0.2) is 11.1 Å². The minimum atomic E-state index is -0.769. The lowest BCUT2D eigenvalue weighted by atomic mass is 9.95. The summed E-state index contributed by atoms with van der Waals surface area (Å²) in [5.41, 5.74) is 2.16. The van der Waals surface area contributed by atoms with E-state index >= 15 is 0 Å². The summed E-state index contributed by atoms with van der Waals surface area (Å²) >= 11 is 0. The molecule has 0 fully saturated rings. The Hall–Kier alpha value is -1.31. The summed E-state index contributed by atoms with van der Waals surface area (Å²) in [5.74, 6) is -0.505. The minimum Gasteiger partial charge on any atom is -0.481 e. The zero-order valence-corrected chi connectivity index (χ0v) is 12.2. The molecule has 0 bridgehead atoms. The molecule has 1 aromatic carbocycles. The maximum Gasteiger partial charge on any atom is 0.310 e. The maximum atomic E-state index is 10.8. The van der Waals surface area contributed by atoms with Crippen LogP contribution in [0.25, 0.3) is 0 Å². The van der Waals surface area contributed by atoms with Gasteiger partial charge in [0.2, 0.25) is 0 Å². The molecule has 0 aliphatic heterocycles. The molecular weight excluding hydrogens is 224 g/mol. The zero-order chi connectivity index (χ0) is 14.1. The normalized spacial score (nSPS) is 13.2. The fourth-order valence-electron chi connectivity index (χ4n) is 1.63. The predicted octanol–water partition coefficient (Wildman–Crippen LogP) is 4.49. The van der Waals surface area contributed by atoms with Gasteiger partial charge in [0, 0.05) is 0 Å². The molecule has 102 valence electrons. The SMILES string of the molecule is CC.CCC(C)Cc1ccc(C(C)C(=O)O)cc1. The summed E-state index contributed by atoms with van der Waals surface area (Å²) in [6, 6.07) is 7.94. The van der Waals surface area contributed by atoms with Crippen molar-refractivity contribution >= 4 is 5.97 Å². The molecule has 0 aliphatic carbocycles. The molecule has 0 aromatic heterocycles. The van der Waals surface area contributed by atoms with E-state index in [1.165, 1.54) is 12.0 Å². The molecule has 0 heterocycles. The van der Waals surface area contributed by atoms with Gasteiger partial charge in [-0.05, 0) is 30.4 Å². The van der Waals surface area contributed by atoms with Crippen LogP contribution in [0.3, 0.4) is 0 Å². The first-order valence-electron chi connectivity index (χ1n) is 6.86. The second-order valence-corrected chi connectivity index (χ2v) is 4.52. The molecule has 18 heavy (non-hydrogen) atoms. The van der Waals surface area contributed by atoms with Crippen LogP contribution in [0.1, 0.15) is 58.1 Å². The summed E-state index contributed by atoms with van der Waals surface area (Å²) < 4.78 is 0. The Morgan fingerprint density at radius 1 is 1.17 bits per heavy atom. The fraction of sp³-hybridized carbons (Fsp3) is 0.562. The highest BCUT2D eigenvalue weighted by Gasteiger charge is 2.13. The lowest BCUT2D eigenvalue weighted by molar-refractivity contribution is -0.138. The number of carbonyl (C=O) groups is 1. The highest BCUT2D eigenvalue weighted by Crippen LogP contribution is 2.18. The van der Waals surface area contributed by atoms with Crippen molar-refractivity contribution in [1.82, 2.24) is 0 Å². The first-order valence-corrected chi connectivity index (χ1v) is 6.86. The monoisotopic (exact) mass is 250 g/mol. The summed E-state index contributed by atoms with van der Waals surface area (Å²) in [6.45, 7) is 10.1. The van der Waals surface area contributed by atoms with Gasteiger partial charge >= 0.3 is 5.97 Å². The Balaban J connectivity index is 0.00000137. The molecule has 0 saturated carbocycles. The van der Waals surface area contributed by atoms with Gasteiger partial charge in [0.15, 0.2) is 0 Å². The molecule has 2 nitrogen and oxygen atoms in total. The number of carboxylic acid groups (broad SMARTS) is 1. The first kappa shape index (κ1) is 16.7. The minimum absolute atomic E-state index is 0.419. The zero-order valence-electron chi connectivity index (χ0n) is 12.2. The van der Waals surface area contributed by atoms with Crippen LogP contribution < -0.4 is 0 Å². The maximum absolute atomic E-state index is 10.8. The smallest absolute Gasteiger partial charge is 0.310 e. The van der Waals surface area contributed by atoms with Crippen molar-refractivity contribution < 1.29 is 9.90 Å². The van der Waals surface area contributed by atoms with Gasteiger partial charge in [0.05, 0.1) is 5.92 Å². The van der Waals surface area contributed by atoms with E-state index in [-0.39, 0.29) is 0 Å². The molecule has 0 saturated heterocycles. The second-order valence-electron chi connectivity index (χ2n) is 4.52. The van der Waals surface area contributed by atoms with Crippen molar-refractivity contribution in [2.75, 3.05) is 0 Å². The van der Waals surface area contributed by atoms with Crippen LogP contribution in [0, 0.1) is 5.92 Å². The Labute approximate surface area is 111 Å². The molecule has 2 heteroatoms. The quantitative estimate of drug-likeness (QED) is 0.836. The number of hydrogen-bond acceptors (Lipinski definition) is 1. The molecule has 1 aromatic rings. The Morgan fingerprint density at radius 3 is 2.06 bits per heavy atom. The van der Waals surface area contributed by atoms with Crippen molar-refractivity contribution in [1.29, 1.82) is 0 Å². The average Bonchev–Trinajstić information content (AvgIpc) is 2.40. The van der Waals surface area contributed by atoms with Crippen molar-refractivity contribution in [2.24, 2.45) is 5.92 Å². The topological polar surface area (TPSA) is 37.3 Å². The van der Waals surface area contributed by atoms with E-state index in [0.717, 1.165) is 12.0 Å². The van der Waals surface area contributed by atoms with Crippen LogP contribution in [0.4, 0.5) is 0 Å². The molecule has 2 unspecified atom stereocenters. The van der Waals surface area contributed by atoms with E-state index in [0.29, 0.717) is 5.92 Å². The van der Waals surface area contributed by atoms with Crippen molar-refractivity contribution in [3.63, 3.8) is 0 Å². The molecular formula is C16H26O2. The molecule has 0 aliphatic rings. The largest absolute Gasteiger partial charge is 0.481 e. The van der Waals surface area contributed by atoms with Crippen LogP contribution in [0.15, 0.2) is 24.3 Å². The summed E-state index contributed by atoms with van der Waals surface area (Å²) in [7, 11) is 0. The molecule has 2 atom stereocenters. The highest BCUT2D eigenvalue weighted by molar-refractivity contribution is 5.75. The van der Waals surface area contributed by atoms with Gasteiger partial charge in [-0.25, -0.2) is 0 Å². The lowest BCUT2D eigenvalue weighted by Gasteiger charge is -2.10. The average molecular weight is 250 g/mol. The van der Waals surface area contributed by atoms with Crippen molar-refractivity contribution in [3.8, 4) is 0 Å². The molecule has 0 spiro atoms. The van der Waals surface area contributed by atoms with E-state index < -0.39 is 11.9 Å². The number of carboxylic acids is 1. The summed E-state index contributed by atoms with van der Waals surface area (Å²) in [4.78, 5) is 10.8. The number of benzene rings is 1. The third kappa shape index (κ3) is 5.35. The van der Waals surface area contributed by atoms with Crippen LogP contribution >= 0.6 is 0 Å².